The van der Waals surface area contributed by atoms with Gasteiger partial charge in [0.2, 0.25) is 0 Å². The molecule has 4 aromatic rings. The van der Waals surface area contributed by atoms with Crippen LogP contribution >= 0.6 is 11.6 Å². The SMILES string of the molecule is C=c1[nH]n(-c2cccc(Cl)c2)c(=O)c1=Cc1ccc(-c2cc(C)c(C)cc2[N+](=O)[O-])o1. The van der Waals surface area contributed by atoms with E-state index in [4.69, 9.17) is 16.0 Å². The topological polar surface area (TPSA) is 94.1 Å². The monoisotopic (exact) mass is 435 g/mol. The Morgan fingerprint density at radius 2 is 1.90 bits per heavy atom. The van der Waals surface area contributed by atoms with Crippen molar-refractivity contribution >= 4 is 29.9 Å². The summed E-state index contributed by atoms with van der Waals surface area (Å²) in [7, 11) is 0. The van der Waals surface area contributed by atoms with Crippen molar-refractivity contribution in [3.8, 4) is 17.0 Å². The summed E-state index contributed by atoms with van der Waals surface area (Å²) in [5, 5.41) is 15.6. The molecule has 7 nitrogen and oxygen atoms in total. The molecule has 156 valence electrons. The highest BCUT2D eigenvalue weighted by Gasteiger charge is 2.19. The molecule has 0 aliphatic rings. The summed E-state index contributed by atoms with van der Waals surface area (Å²) in [6.45, 7) is 7.60. The van der Waals surface area contributed by atoms with Crippen molar-refractivity contribution in [1.29, 1.82) is 0 Å². The van der Waals surface area contributed by atoms with Gasteiger partial charge in [-0.25, -0.2) is 4.68 Å². The highest BCUT2D eigenvalue weighted by Crippen LogP contribution is 2.33. The fourth-order valence-electron chi connectivity index (χ4n) is 3.31. The minimum atomic E-state index is -0.433. The molecule has 0 aliphatic heterocycles. The Balaban J connectivity index is 1.81. The standard InChI is InChI=1S/C23H18ClN3O4/c1-13-9-20(21(27(29)30)10-14(13)2)22-8-7-18(31-22)12-19-15(3)25-26(23(19)28)17-6-4-5-16(24)11-17/h4-12,25H,3H2,1-2H3. The maximum Gasteiger partial charge on any atom is 0.280 e. The molecule has 0 aliphatic carbocycles. The Bertz CT molecular complexity index is 1490. The summed E-state index contributed by atoms with van der Waals surface area (Å²) in [6, 6.07) is 13.4. The fourth-order valence-corrected chi connectivity index (χ4v) is 3.49. The van der Waals surface area contributed by atoms with Gasteiger partial charge in [0, 0.05) is 11.1 Å². The molecule has 0 saturated carbocycles. The van der Waals surface area contributed by atoms with Crippen molar-refractivity contribution in [3.63, 3.8) is 0 Å². The number of aromatic nitrogens is 2. The molecule has 31 heavy (non-hydrogen) atoms. The lowest BCUT2D eigenvalue weighted by molar-refractivity contribution is -0.384. The number of nitro groups is 1. The van der Waals surface area contributed by atoms with Crippen molar-refractivity contribution in [3.05, 3.63) is 101 Å². The van der Waals surface area contributed by atoms with E-state index in [1.54, 1.807) is 48.5 Å². The van der Waals surface area contributed by atoms with E-state index in [0.29, 0.717) is 38.4 Å². The predicted molar refractivity (Wildman–Crippen MR) is 120 cm³/mol. The second-order valence-electron chi connectivity index (χ2n) is 7.18. The maximum absolute atomic E-state index is 12.9. The van der Waals surface area contributed by atoms with Gasteiger partial charge >= 0.3 is 0 Å². The van der Waals surface area contributed by atoms with E-state index < -0.39 is 4.92 Å². The number of H-pyrrole nitrogens is 1. The smallest absolute Gasteiger partial charge is 0.280 e. The van der Waals surface area contributed by atoms with Gasteiger partial charge < -0.3 is 4.42 Å². The van der Waals surface area contributed by atoms with Gasteiger partial charge in [0.15, 0.2) is 0 Å². The summed E-state index contributed by atoms with van der Waals surface area (Å²) in [4.78, 5) is 24.0. The van der Waals surface area contributed by atoms with E-state index >= 15 is 0 Å². The lowest BCUT2D eigenvalue weighted by Gasteiger charge is -2.04. The Morgan fingerprint density at radius 1 is 1.16 bits per heavy atom. The Labute approximate surface area is 181 Å². The van der Waals surface area contributed by atoms with Crippen LogP contribution in [0, 0.1) is 24.0 Å². The predicted octanol–water partition coefficient (Wildman–Crippen LogP) is 3.84. The highest BCUT2D eigenvalue weighted by atomic mass is 35.5. The summed E-state index contributed by atoms with van der Waals surface area (Å²) in [5.41, 5.74) is 2.34. The minimum absolute atomic E-state index is 0.0354. The molecule has 0 spiro atoms. The van der Waals surface area contributed by atoms with Crippen LogP contribution < -0.4 is 16.1 Å². The number of nitro benzene ring substituents is 1. The number of nitrogens with one attached hydrogen (secondary N) is 1. The fraction of sp³-hybridized carbons (Fsp3) is 0.0870. The van der Waals surface area contributed by atoms with Crippen LogP contribution in [0.4, 0.5) is 5.69 Å². The van der Waals surface area contributed by atoms with Gasteiger partial charge in [-0.2, -0.15) is 0 Å². The van der Waals surface area contributed by atoms with Gasteiger partial charge in [-0.1, -0.05) is 24.2 Å². The molecule has 1 N–H and O–H groups in total. The van der Waals surface area contributed by atoms with E-state index in [9.17, 15) is 14.9 Å². The van der Waals surface area contributed by atoms with Crippen LogP contribution in [0.5, 0.6) is 0 Å². The van der Waals surface area contributed by atoms with Crippen molar-refractivity contribution in [2.45, 2.75) is 13.8 Å². The van der Waals surface area contributed by atoms with E-state index in [0.717, 1.165) is 11.1 Å². The summed E-state index contributed by atoms with van der Waals surface area (Å²) >= 11 is 6.02. The van der Waals surface area contributed by atoms with Crippen LogP contribution in [-0.4, -0.2) is 14.7 Å². The molecule has 2 aromatic carbocycles. The van der Waals surface area contributed by atoms with Crippen LogP contribution in [0.1, 0.15) is 16.9 Å². The third-order valence-electron chi connectivity index (χ3n) is 5.06. The minimum Gasteiger partial charge on any atom is -0.456 e. The quantitative estimate of drug-likeness (QED) is 0.389. The largest absolute Gasteiger partial charge is 0.456 e. The summed E-state index contributed by atoms with van der Waals surface area (Å²) in [6.07, 6.45) is 1.55. The lowest BCUT2D eigenvalue weighted by atomic mass is 10.0. The van der Waals surface area contributed by atoms with Gasteiger partial charge in [-0.15, -0.1) is 0 Å². The first-order chi connectivity index (χ1) is 14.7. The molecule has 0 atom stereocenters. The van der Waals surface area contributed by atoms with Gasteiger partial charge in [-0.05, 0) is 67.4 Å². The van der Waals surface area contributed by atoms with Crippen molar-refractivity contribution in [2.24, 2.45) is 0 Å². The number of halogens is 1. The zero-order valence-electron chi connectivity index (χ0n) is 16.8. The van der Waals surface area contributed by atoms with Crippen LogP contribution in [0.25, 0.3) is 29.7 Å². The highest BCUT2D eigenvalue weighted by molar-refractivity contribution is 6.30. The van der Waals surface area contributed by atoms with Crippen molar-refractivity contribution in [2.75, 3.05) is 0 Å². The van der Waals surface area contributed by atoms with Gasteiger partial charge in [0.25, 0.3) is 11.2 Å². The average molecular weight is 436 g/mol. The third kappa shape index (κ3) is 3.83. The first kappa shape index (κ1) is 20.4. The van der Waals surface area contributed by atoms with Crippen LogP contribution in [0.15, 0.2) is 57.7 Å². The molecule has 0 radical (unpaired) electrons. The Kier molecular flexibility index (Phi) is 5.12. The number of hydrogen-bond acceptors (Lipinski definition) is 4. The number of furan rings is 1. The number of rotatable bonds is 4. The molecular formula is C23H18ClN3O4. The number of aromatic amines is 1. The van der Waals surface area contributed by atoms with Crippen molar-refractivity contribution < 1.29 is 9.34 Å². The molecule has 0 bridgehead atoms. The third-order valence-corrected chi connectivity index (χ3v) is 5.29. The molecule has 8 heteroatoms. The number of nitrogens with zero attached hydrogens (tertiary/aromatic N) is 2. The van der Waals surface area contributed by atoms with Gasteiger partial charge in [0.1, 0.15) is 11.5 Å². The molecule has 0 unspecified atom stereocenters. The first-order valence-corrected chi connectivity index (χ1v) is 9.76. The zero-order chi connectivity index (χ0) is 22.3. The number of hydrogen-bond donors (Lipinski definition) is 1. The van der Waals surface area contributed by atoms with E-state index in [1.165, 1.54) is 10.7 Å². The van der Waals surface area contributed by atoms with Crippen LogP contribution in [0.3, 0.4) is 0 Å². The van der Waals surface area contributed by atoms with Crippen LogP contribution in [-0.2, 0) is 0 Å². The Morgan fingerprint density at radius 3 is 2.61 bits per heavy atom. The molecule has 2 aromatic heterocycles. The Hall–Kier alpha value is -3.84. The summed E-state index contributed by atoms with van der Waals surface area (Å²) in [5.74, 6) is 0.721. The number of benzene rings is 2. The number of aryl methyl sites for hydroxylation is 2. The average Bonchev–Trinajstić information content (AvgIpc) is 3.30. The maximum atomic E-state index is 12.9. The second kappa shape index (κ2) is 7.77. The lowest BCUT2D eigenvalue weighted by Crippen LogP contribution is -2.33. The van der Waals surface area contributed by atoms with Crippen LogP contribution in [0.2, 0.25) is 5.02 Å². The normalized spacial score (nSPS) is 11.8. The molecule has 0 fully saturated rings. The molecule has 0 amide bonds. The molecule has 4 rings (SSSR count). The summed E-state index contributed by atoms with van der Waals surface area (Å²) < 4.78 is 7.18. The molecule has 0 saturated heterocycles. The molecule has 2 heterocycles. The van der Waals surface area contributed by atoms with E-state index in [1.807, 2.05) is 13.8 Å². The van der Waals surface area contributed by atoms with E-state index in [-0.39, 0.29) is 11.2 Å². The molecular weight excluding hydrogens is 418 g/mol. The van der Waals surface area contributed by atoms with Gasteiger partial charge in [0.05, 0.1) is 26.7 Å². The van der Waals surface area contributed by atoms with Crippen molar-refractivity contribution in [1.82, 2.24) is 9.78 Å². The second-order valence-corrected chi connectivity index (χ2v) is 7.62. The first-order valence-electron chi connectivity index (χ1n) is 9.38. The zero-order valence-corrected chi connectivity index (χ0v) is 17.6. The van der Waals surface area contributed by atoms with Gasteiger partial charge in [-0.3, -0.25) is 20.0 Å². The van der Waals surface area contributed by atoms with E-state index in [2.05, 4.69) is 11.7 Å².